The van der Waals surface area contributed by atoms with E-state index in [9.17, 15) is 9.18 Å². The lowest BCUT2D eigenvalue weighted by molar-refractivity contribution is 0.0996. The first-order valence-corrected chi connectivity index (χ1v) is 9.40. The highest BCUT2D eigenvalue weighted by Gasteiger charge is 2.32. The van der Waals surface area contributed by atoms with Gasteiger partial charge in [0.05, 0.1) is 15.4 Å². The summed E-state index contributed by atoms with van der Waals surface area (Å²) in [5.41, 5.74) is 6.42. The van der Waals surface area contributed by atoms with Crippen LogP contribution in [0.1, 0.15) is 39.2 Å². The number of ketones is 1. The molecule has 0 aliphatic carbocycles. The summed E-state index contributed by atoms with van der Waals surface area (Å²) in [6.45, 7) is 3.75. The maximum atomic E-state index is 14.4. The summed E-state index contributed by atoms with van der Waals surface area (Å²) in [4.78, 5) is 21.5. The molecule has 0 unspecified atom stereocenters. The number of hydrogen-bond acceptors (Lipinski definition) is 6. The van der Waals surface area contributed by atoms with Gasteiger partial charge >= 0.3 is 0 Å². The van der Waals surface area contributed by atoms with Gasteiger partial charge in [0, 0.05) is 23.9 Å². The Hall–Kier alpha value is -1.73. The van der Waals surface area contributed by atoms with Crippen molar-refractivity contribution in [2.24, 2.45) is 10.7 Å². The minimum absolute atomic E-state index is 0.00877. The number of Topliss-reactive ketones (excluding diaryl/α,β-unsaturated/α-hetero) is 1. The molecule has 0 amide bonds. The monoisotopic (exact) mass is 363 g/mol. The highest BCUT2D eigenvalue weighted by Crippen LogP contribution is 2.36. The number of aromatic nitrogens is 1. The Labute approximate surface area is 148 Å². The highest BCUT2D eigenvalue weighted by atomic mass is 32.2. The number of carbonyl (C=O) groups is 1. The number of thioether (sulfide) groups is 1. The summed E-state index contributed by atoms with van der Waals surface area (Å²) in [6.07, 6.45) is 2.52. The standard InChI is InChI=1S/C17H18FN3OS2/c1-10-20-9-15(24-10)14(22)8-11-3-4-13(18)12(7-11)17(2)5-6-23-16(19)21-17/h3-4,7,9H,5-6,8H2,1-2H3,(H2,19,21)/t17-/m0/s1. The van der Waals surface area contributed by atoms with E-state index in [-0.39, 0.29) is 18.0 Å². The van der Waals surface area contributed by atoms with Gasteiger partial charge in [-0.25, -0.2) is 9.37 Å². The molecule has 1 aliphatic rings. The number of carbonyl (C=O) groups excluding carboxylic acids is 1. The number of hydrogen-bond donors (Lipinski definition) is 1. The molecule has 126 valence electrons. The van der Waals surface area contributed by atoms with Gasteiger partial charge < -0.3 is 5.73 Å². The Balaban J connectivity index is 1.89. The Kier molecular flexibility index (Phi) is 4.73. The zero-order chi connectivity index (χ0) is 17.3. The number of halogens is 1. The van der Waals surface area contributed by atoms with Crippen molar-refractivity contribution in [2.45, 2.75) is 32.2 Å². The predicted octanol–water partition coefficient (Wildman–Crippen LogP) is 3.68. The van der Waals surface area contributed by atoms with Crippen molar-refractivity contribution >= 4 is 34.0 Å². The van der Waals surface area contributed by atoms with Gasteiger partial charge in [0.1, 0.15) is 5.82 Å². The average molecular weight is 363 g/mol. The van der Waals surface area contributed by atoms with Crippen molar-refractivity contribution in [1.82, 2.24) is 4.98 Å². The third kappa shape index (κ3) is 3.52. The Morgan fingerprint density at radius 3 is 2.92 bits per heavy atom. The fraction of sp³-hybridized carbons (Fsp3) is 0.353. The van der Waals surface area contributed by atoms with Crippen molar-refractivity contribution in [1.29, 1.82) is 0 Å². The lowest BCUT2D eigenvalue weighted by Crippen LogP contribution is -2.29. The van der Waals surface area contributed by atoms with Crippen LogP contribution in [-0.4, -0.2) is 21.7 Å². The lowest BCUT2D eigenvalue weighted by atomic mass is 9.87. The molecule has 0 saturated carbocycles. The maximum Gasteiger partial charge on any atom is 0.178 e. The van der Waals surface area contributed by atoms with Crippen LogP contribution in [0.2, 0.25) is 0 Å². The third-order valence-electron chi connectivity index (χ3n) is 4.07. The van der Waals surface area contributed by atoms with E-state index in [1.807, 2.05) is 13.8 Å². The quantitative estimate of drug-likeness (QED) is 0.842. The molecule has 3 rings (SSSR count). The topological polar surface area (TPSA) is 68.3 Å². The van der Waals surface area contributed by atoms with E-state index < -0.39 is 5.54 Å². The van der Waals surface area contributed by atoms with E-state index in [4.69, 9.17) is 5.73 Å². The van der Waals surface area contributed by atoms with E-state index in [0.29, 0.717) is 22.0 Å². The van der Waals surface area contributed by atoms with Gasteiger partial charge in [0.15, 0.2) is 11.0 Å². The molecular formula is C17H18FN3OS2. The summed E-state index contributed by atoms with van der Waals surface area (Å²) in [5.74, 6) is 0.477. The average Bonchev–Trinajstić information content (AvgIpc) is 2.95. The zero-order valence-corrected chi connectivity index (χ0v) is 15.1. The van der Waals surface area contributed by atoms with Gasteiger partial charge in [0.25, 0.3) is 0 Å². The number of amidine groups is 1. The smallest absolute Gasteiger partial charge is 0.178 e. The van der Waals surface area contributed by atoms with E-state index in [0.717, 1.165) is 16.3 Å². The van der Waals surface area contributed by atoms with Crippen molar-refractivity contribution < 1.29 is 9.18 Å². The van der Waals surface area contributed by atoms with Crippen molar-refractivity contribution in [3.05, 3.63) is 51.2 Å². The van der Waals surface area contributed by atoms with Crippen LogP contribution in [0.25, 0.3) is 0 Å². The second-order valence-electron chi connectivity index (χ2n) is 5.98. The van der Waals surface area contributed by atoms with Gasteiger partial charge in [0.2, 0.25) is 0 Å². The van der Waals surface area contributed by atoms with E-state index in [1.165, 1.54) is 29.2 Å². The van der Waals surface area contributed by atoms with E-state index in [2.05, 4.69) is 9.98 Å². The van der Waals surface area contributed by atoms with Crippen LogP contribution in [-0.2, 0) is 12.0 Å². The molecular weight excluding hydrogens is 345 g/mol. The first kappa shape index (κ1) is 17.1. The van der Waals surface area contributed by atoms with Crippen LogP contribution >= 0.6 is 23.1 Å². The van der Waals surface area contributed by atoms with E-state index >= 15 is 0 Å². The number of nitrogens with zero attached hydrogens (tertiary/aromatic N) is 2. The Morgan fingerprint density at radius 2 is 2.25 bits per heavy atom. The fourth-order valence-corrected chi connectivity index (χ4v) is 4.43. The zero-order valence-electron chi connectivity index (χ0n) is 13.5. The molecule has 0 radical (unpaired) electrons. The van der Waals surface area contributed by atoms with Crippen molar-refractivity contribution in [3.63, 3.8) is 0 Å². The number of benzene rings is 1. The molecule has 0 spiro atoms. The number of aryl methyl sites for hydroxylation is 1. The summed E-state index contributed by atoms with van der Waals surface area (Å²) in [7, 11) is 0. The molecule has 0 fully saturated rings. The molecule has 2 N–H and O–H groups in total. The largest absolute Gasteiger partial charge is 0.379 e. The molecule has 2 heterocycles. The molecule has 0 saturated heterocycles. The number of nitrogens with two attached hydrogens (primary N) is 1. The molecule has 2 aromatic rings. The second-order valence-corrected chi connectivity index (χ2v) is 8.33. The van der Waals surface area contributed by atoms with Crippen LogP contribution in [0, 0.1) is 12.7 Å². The van der Waals surface area contributed by atoms with Crippen LogP contribution in [0.4, 0.5) is 4.39 Å². The first-order chi connectivity index (χ1) is 11.4. The van der Waals surface area contributed by atoms with Gasteiger partial charge in [-0.1, -0.05) is 17.8 Å². The van der Waals surface area contributed by atoms with Crippen LogP contribution < -0.4 is 5.73 Å². The number of aliphatic imine (C=N–C) groups is 1. The lowest BCUT2D eigenvalue weighted by Gasteiger charge is -2.30. The van der Waals surface area contributed by atoms with Crippen LogP contribution in [0.3, 0.4) is 0 Å². The Morgan fingerprint density at radius 1 is 1.46 bits per heavy atom. The number of rotatable bonds is 4. The normalized spacial score (nSPS) is 20.7. The van der Waals surface area contributed by atoms with Gasteiger partial charge in [-0.05, 0) is 38.0 Å². The minimum Gasteiger partial charge on any atom is -0.379 e. The molecule has 4 nitrogen and oxygen atoms in total. The molecule has 0 bridgehead atoms. The molecule has 7 heteroatoms. The first-order valence-electron chi connectivity index (χ1n) is 7.60. The summed E-state index contributed by atoms with van der Waals surface area (Å²) >= 11 is 2.86. The second kappa shape index (κ2) is 6.64. The predicted molar refractivity (Wildman–Crippen MR) is 97.3 cm³/mol. The van der Waals surface area contributed by atoms with Crippen LogP contribution in [0.5, 0.6) is 0 Å². The summed E-state index contributed by atoms with van der Waals surface area (Å²) in [5, 5.41) is 1.33. The third-order valence-corrected chi connectivity index (χ3v) is 5.82. The molecule has 1 aromatic heterocycles. The van der Waals surface area contributed by atoms with Gasteiger partial charge in [-0.2, -0.15) is 0 Å². The fourth-order valence-electron chi connectivity index (χ4n) is 2.74. The van der Waals surface area contributed by atoms with Gasteiger partial charge in [-0.3, -0.25) is 9.79 Å². The molecule has 1 aliphatic heterocycles. The molecule has 1 atom stereocenters. The van der Waals surface area contributed by atoms with Crippen molar-refractivity contribution in [3.8, 4) is 0 Å². The molecule has 24 heavy (non-hydrogen) atoms. The summed E-state index contributed by atoms with van der Waals surface area (Å²) < 4.78 is 14.4. The minimum atomic E-state index is -0.681. The van der Waals surface area contributed by atoms with Gasteiger partial charge in [-0.15, -0.1) is 11.3 Å². The van der Waals surface area contributed by atoms with Crippen LogP contribution in [0.15, 0.2) is 29.4 Å². The van der Waals surface area contributed by atoms with Crippen molar-refractivity contribution in [2.75, 3.05) is 5.75 Å². The SMILES string of the molecule is Cc1ncc(C(=O)Cc2ccc(F)c([C@]3(C)CCSC(N)=N3)c2)s1. The Bertz CT molecular complexity index is 818. The summed E-state index contributed by atoms with van der Waals surface area (Å²) in [6, 6.07) is 4.81. The molecule has 1 aromatic carbocycles. The highest BCUT2D eigenvalue weighted by molar-refractivity contribution is 8.13. The van der Waals surface area contributed by atoms with E-state index in [1.54, 1.807) is 18.3 Å². The maximum absolute atomic E-state index is 14.4. The number of thiazole rings is 1.